The van der Waals surface area contributed by atoms with Gasteiger partial charge in [0.25, 0.3) is 5.91 Å². The molecule has 2 aromatic carbocycles. The largest absolute Gasteiger partial charge is 0.325 e. The van der Waals surface area contributed by atoms with E-state index in [1.54, 1.807) is 55.5 Å². The molecule has 1 fully saturated rings. The first kappa shape index (κ1) is 19.4. The van der Waals surface area contributed by atoms with Crippen molar-refractivity contribution in [3.8, 4) is 6.07 Å². The number of halogens is 1. The number of hydrogen-bond acceptors (Lipinski definition) is 4. The third-order valence-corrected chi connectivity index (χ3v) is 4.92. The van der Waals surface area contributed by atoms with Crippen LogP contribution in [0.4, 0.5) is 10.5 Å². The number of carbonyl (C=O) groups excluding carboxylic acids is 3. The lowest BCUT2D eigenvalue weighted by Crippen LogP contribution is -2.44. The third kappa shape index (κ3) is 3.42. The van der Waals surface area contributed by atoms with E-state index in [1.807, 2.05) is 6.07 Å². The van der Waals surface area contributed by atoms with Gasteiger partial charge in [-0.05, 0) is 36.2 Å². The number of imide groups is 1. The molecule has 1 atom stereocenters. The number of nitriles is 1. The van der Waals surface area contributed by atoms with Gasteiger partial charge in [0.2, 0.25) is 5.91 Å². The Hall–Kier alpha value is -3.37. The minimum absolute atomic E-state index is 0.289. The van der Waals surface area contributed by atoms with Gasteiger partial charge in [0, 0.05) is 5.02 Å². The van der Waals surface area contributed by atoms with Gasteiger partial charge in [-0.15, -0.1) is 0 Å². The van der Waals surface area contributed by atoms with Gasteiger partial charge >= 0.3 is 6.03 Å². The first-order valence-corrected chi connectivity index (χ1v) is 8.98. The molecule has 1 saturated heterocycles. The molecule has 1 heterocycles. The van der Waals surface area contributed by atoms with Crippen LogP contribution in [0.15, 0.2) is 48.5 Å². The third-order valence-electron chi connectivity index (χ3n) is 4.67. The van der Waals surface area contributed by atoms with E-state index in [-0.39, 0.29) is 5.56 Å². The zero-order chi connectivity index (χ0) is 20.3. The van der Waals surface area contributed by atoms with E-state index in [2.05, 4.69) is 10.6 Å². The Bertz CT molecular complexity index is 984. The lowest BCUT2D eigenvalue weighted by Gasteiger charge is -2.25. The molecular formula is C20H17ClN4O3. The van der Waals surface area contributed by atoms with Gasteiger partial charge in [0.05, 0.1) is 11.3 Å². The van der Waals surface area contributed by atoms with Crippen molar-refractivity contribution in [2.24, 2.45) is 0 Å². The summed E-state index contributed by atoms with van der Waals surface area (Å²) in [5, 5.41) is 14.9. The molecule has 0 bridgehead atoms. The number of carbonyl (C=O) groups is 3. The molecule has 28 heavy (non-hydrogen) atoms. The van der Waals surface area contributed by atoms with Crippen LogP contribution in [0.5, 0.6) is 0 Å². The van der Waals surface area contributed by atoms with Crippen molar-refractivity contribution >= 4 is 35.1 Å². The van der Waals surface area contributed by atoms with Crippen molar-refractivity contribution in [1.29, 1.82) is 5.26 Å². The van der Waals surface area contributed by atoms with Crippen LogP contribution in [-0.2, 0) is 15.1 Å². The Morgan fingerprint density at radius 3 is 2.54 bits per heavy atom. The highest BCUT2D eigenvalue weighted by Gasteiger charge is 2.51. The standard InChI is InChI=1S/C20H17ClN4O3/c1-2-20(14-7-9-15(21)10-8-14)18(27)25(19(28)24-20)12-17(26)23-16-6-4-3-5-13(16)11-22/h3-10H,2,12H2,1H3,(H,23,26)(H,24,28)/t20-/m1/s1. The number of hydrogen-bond donors (Lipinski definition) is 2. The maximum atomic E-state index is 13.0. The molecular weight excluding hydrogens is 380 g/mol. The molecule has 142 valence electrons. The number of urea groups is 1. The fourth-order valence-corrected chi connectivity index (χ4v) is 3.29. The minimum Gasteiger partial charge on any atom is -0.323 e. The normalized spacial score (nSPS) is 18.5. The summed E-state index contributed by atoms with van der Waals surface area (Å²) in [6.07, 6.45) is 0.314. The number of anilines is 1. The van der Waals surface area contributed by atoms with Crippen LogP contribution in [-0.4, -0.2) is 29.3 Å². The van der Waals surface area contributed by atoms with Crippen LogP contribution in [0.3, 0.4) is 0 Å². The summed E-state index contributed by atoms with van der Waals surface area (Å²) in [6, 6.07) is 14.4. The van der Waals surface area contributed by atoms with Gasteiger partial charge in [-0.2, -0.15) is 5.26 Å². The Morgan fingerprint density at radius 1 is 1.21 bits per heavy atom. The van der Waals surface area contributed by atoms with Crippen molar-refractivity contribution in [2.45, 2.75) is 18.9 Å². The highest BCUT2D eigenvalue weighted by molar-refractivity contribution is 6.30. The number of benzene rings is 2. The van der Waals surface area contributed by atoms with E-state index in [4.69, 9.17) is 16.9 Å². The molecule has 1 aliphatic rings. The van der Waals surface area contributed by atoms with Crippen LogP contribution in [0.25, 0.3) is 0 Å². The monoisotopic (exact) mass is 396 g/mol. The van der Waals surface area contributed by atoms with E-state index in [0.29, 0.717) is 22.7 Å². The van der Waals surface area contributed by atoms with Gasteiger partial charge in [-0.1, -0.05) is 42.8 Å². The number of amides is 4. The molecule has 1 aliphatic heterocycles. The van der Waals surface area contributed by atoms with Gasteiger partial charge in [0.1, 0.15) is 18.2 Å². The molecule has 0 saturated carbocycles. The molecule has 4 amide bonds. The van der Waals surface area contributed by atoms with Crippen LogP contribution >= 0.6 is 11.6 Å². The second kappa shape index (κ2) is 7.71. The predicted octanol–water partition coefficient (Wildman–Crippen LogP) is 3.01. The van der Waals surface area contributed by atoms with Gasteiger partial charge in [-0.25, -0.2) is 4.79 Å². The highest BCUT2D eigenvalue weighted by Crippen LogP contribution is 2.33. The Morgan fingerprint density at radius 2 is 1.89 bits per heavy atom. The summed E-state index contributed by atoms with van der Waals surface area (Å²) in [4.78, 5) is 38.8. The van der Waals surface area contributed by atoms with Crippen LogP contribution in [0, 0.1) is 11.3 Å². The Labute approximate surface area is 166 Å². The highest BCUT2D eigenvalue weighted by atomic mass is 35.5. The summed E-state index contributed by atoms with van der Waals surface area (Å²) in [7, 11) is 0. The molecule has 0 unspecified atom stereocenters. The lowest BCUT2D eigenvalue weighted by molar-refractivity contribution is -0.134. The van der Waals surface area contributed by atoms with Gasteiger partial charge < -0.3 is 10.6 Å². The van der Waals surface area contributed by atoms with Gasteiger partial charge in [0.15, 0.2) is 0 Å². The molecule has 7 nitrogen and oxygen atoms in total. The van der Waals surface area contributed by atoms with Crippen LogP contribution in [0.1, 0.15) is 24.5 Å². The second-order valence-electron chi connectivity index (χ2n) is 6.29. The zero-order valence-corrected chi connectivity index (χ0v) is 15.8. The number of rotatable bonds is 5. The zero-order valence-electron chi connectivity index (χ0n) is 15.0. The summed E-state index contributed by atoms with van der Waals surface area (Å²) in [5.41, 5.74) is -0.0407. The molecule has 2 aromatic rings. The molecule has 2 N–H and O–H groups in total. The first-order chi connectivity index (χ1) is 13.4. The molecule has 3 rings (SSSR count). The van der Waals surface area contributed by atoms with E-state index in [1.165, 1.54) is 0 Å². The molecule has 0 aliphatic carbocycles. The number of nitrogens with one attached hydrogen (secondary N) is 2. The topological polar surface area (TPSA) is 102 Å². The molecule has 0 spiro atoms. The predicted molar refractivity (Wildman–Crippen MR) is 103 cm³/mol. The Kier molecular flexibility index (Phi) is 5.34. The van der Waals surface area contributed by atoms with E-state index >= 15 is 0 Å². The second-order valence-corrected chi connectivity index (χ2v) is 6.73. The summed E-state index contributed by atoms with van der Waals surface area (Å²) in [5.74, 6) is -1.08. The maximum absolute atomic E-state index is 13.0. The summed E-state index contributed by atoms with van der Waals surface area (Å²) < 4.78 is 0. The number of nitrogens with zero attached hydrogens (tertiary/aromatic N) is 2. The molecule has 0 radical (unpaired) electrons. The lowest BCUT2D eigenvalue weighted by atomic mass is 9.87. The first-order valence-electron chi connectivity index (χ1n) is 8.60. The van der Waals surface area contributed by atoms with Crippen LogP contribution in [0.2, 0.25) is 5.02 Å². The minimum atomic E-state index is -1.24. The summed E-state index contributed by atoms with van der Waals surface area (Å²) in [6.45, 7) is 1.32. The van der Waals surface area contributed by atoms with Crippen molar-refractivity contribution in [3.05, 3.63) is 64.7 Å². The molecule has 0 aromatic heterocycles. The van der Waals surface area contributed by atoms with E-state index < -0.39 is 29.9 Å². The van der Waals surface area contributed by atoms with E-state index in [0.717, 1.165) is 4.90 Å². The fourth-order valence-electron chi connectivity index (χ4n) is 3.17. The van der Waals surface area contributed by atoms with Gasteiger partial charge in [-0.3, -0.25) is 14.5 Å². The van der Waals surface area contributed by atoms with Crippen molar-refractivity contribution in [2.75, 3.05) is 11.9 Å². The Balaban J connectivity index is 1.80. The average molecular weight is 397 g/mol. The summed E-state index contributed by atoms with van der Waals surface area (Å²) >= 11 is 5.91. The number of para-hydroxylation sites is 1. The fraction of sp³-hybridized carbons (Fsp3) is 0.200. The van der Waals surface area contributed by atoms with Crippen molar-refractivity contribution in [3.63, 3.8) is 0 Å². The van der Waals surface area contributed by atoms with Crippen molar-refractivity contribution in [1.82, 2.24) is 10.2 Å². The van der Waals surface area contributed by atoms with Crippen molar-refractivity contribution < 1.29 is 14.4 Å². The van der Waals surface area contributed by atoms with Crippen LogP contribution < -0.4 is 10.6 Å². The smallest absolute Gasteiger partial charge is 0.323 e. The average Bonchev–Trinajstić information content (AvgIpc) is 2.94. The van der Waals surface area contributed by atoms with E-state index in [9.17, 15) is 14.4 Å². The SMILES string of the molecule is CC[C@]1(c2ccc(Cl)cc2)NC(=O)N(CC(=O)Nc2ccccc2C#N)C1=O. The quantitative estimate of drug-likeness (QED) is 0.758. The molecule has 8 heteroatoms. The maximum Gasteiger partial charge on any atom is 0.325 e.